The van der Waals surface area contributed by atoms with Gasteiger partial charge in [-0.1, -0.05) is 19.0 Å². The largest absolute Gasteiger partial charge is 0.339 e. The Morgan fingerprint density at radius 3 is 2.82 bits per heavy atom. The minimum atomic E-state index is -0.303. The Hall–Kier alpha value is -2.24. The molecule has 1 aromatic heterocycles. The third kappa shape index (κ3) is 2.61. The molecule has 1 amide bonds. The van der Waals surface area contributed by atoms with Crippen molar-refractivity contribution in [3.05, 3.63) is 41.3 Å². The predicted molar refractivity (Wildman–Crippen MR) is 79.2 cm³/mol. The van der Waals surface area contributed by atoms with Crippen LogP contribution in [0, 0.1) is 12.7 Å². The van der Waals surface area contributed by atoms with Crippen molar-refractivity contribution >= 4 is 11.6 Å². The van der Waals surface area contributed by atoms with Gasteiger partial charge in [0.15, 0.2) is 5.82 Å². The van der Waals surface area contributed by atoms with Crippen LogP contribution in [0.1, 0.15) is 49.4 Å². The number of aromatic nitrogens is 2. The number of aryl methyl sites for hydroxylation is 1. The molecular weight excluding hydrogens is 285 g/mol. The van der Waals surface area contributed by atoms with E-state index in [2.05, 4.69) is 10.1 Å². The van der Waals surface area contributed by atoms with Gasteiger partial charge in [0.1, 0.15) is 5.82 Å². The zero-order valence-electron chi connectivity index (χ0n) is 12.8. The fraction of sp³-hybridized carbons (Fsp3) is 0.438. The molecule has 22 heavy (non-hydrogen) atoms. The van der Waals surface area contributed by atoms with Crippen LogP contribution in [0.15, 0.2) is 22.7 Å². The van der Waals surface area contributed by atoms with Gasteiger partial charge in [-0.3, -0.25) is 4.79 Å². The number of halogens is 1. The maximum Gasteiger partial charge on any atom is 0.232 e. The SMILES string of the molecule is Cc1cc(F)ccc1N1CC(c2nc(C(C)C)no2)CC1=O. The van der Waals surface area contributed by atoms with Gasteiger partial charge in [0.2, 0.25) is 11.8 Å². The van der Waals surface area contributed by atoms with E-state index in [-0.39, 0.29) is 23.6 Å². The fourth-order valence-electron chi connectivity index (χ4n) is 2.68. The second-order valence-corrected chi connectivity index (χ2v) is 5.98. The van der Waals surface area contributed by atoms with E-state index in [1.165, 1.54) is 12.1 Å². The van der Waals surface area contributed by atoms with Crippen LogP contribution in [-0.4, -0.2) is 22.6 Å². The Morgan fingerprint density at radius 2 is 2.18 bits per heavy atom. The smallest absolute Gasteiger partial charge is 0.232 e. The van der Waals surface area contributed by atoms with E-state index in [0.717, 1.165) is 11.3 Å². The maximum atomic E-state index is 13.2. The first kappa shape index (κ1) is 14.7. The molecule has 0 aliphatic carbocycles. The number of rotatable bonds is 3. The van der Waals surface area contributed by atoms with Crippen molar-refractivity contribution in [1.82, 2.24) is 10.1 Å². The van der Waals surface area contributed by atoms with Gasteiger partial charge in [0.25, 0.3) is 0 Å². The van der Waals surface area contributed by atoms with Crippen LogP contribution in [0.5, 0.6) is 0 Å². The molecule has 6 heteroatoms. The summed E-state index contributed by atoms with van der Waals surface area (Å²) in [5.41, 5.74) is 1.47. The van der Waals surface area contributed by atoms with Gasteiger partial charge >= 0.3 is 0 Å². The summed E-state index contributed by atoms with van der Waals surface area (Å²) < 4.78 is 18.5. The van der Waals surface area contributed by atoms with Gasteiger partial charge in [-0.15, -0.1) is 0 Å². The Kier molecular flexibility index (Phi) is 3.68. The summed E-state index contributed by atoms with van der Waals surface area (Å²) in [5, 5.41) is 3.95. The van der Waals surface area contributed by atoms with Gasteiger partial charge < -0.3 is 9.42 Å². The Labute approximate surface area is 128 Å². The van der Waals surface area contributed by atoms with E-state index in [1.54, 1.807) is 17.9 Å². The predicted octanol–water partition coefficient (Wildman–Crippen LogP) is 3.16. The number of carbonyl (C=O) groups is 1. The van der Waals surface area contributed by atoms with Crippen LogP contribution in [0.3, 0.4) is 0 Å². The van der Waals surface area contributed by atoms with Crippen molar-refractivity contribution in [2.45, 2.75) is 39.0 Å². The topological polar surface area (TPSA) is 59.2 Å². The average Bonchev–Trinajstić information content (AvgIpc) is 3.06. The Morgan fingerprint density at radius 1 is 1.41 bits per heavy atom. The molecule has 1 aromatic carbocycles. The highest BCUT2D eigenvalue weighted by molar-refractivity contribution is 5.97. The molecule has 1 atom stereocenters. The molecule has 2 aromatic rings. The molecule has 116 valence electrons. The molecule has 0 saturated carbocycles. The van der Waals surface area contributed by atoms with Gasteiger partial charge in [-0.05, 0) is 30.7 Å². The maximum absolute atomic E-state index is 13.2. The lowest BCUT2D eigenvalue weighted by atomic mass is 10.1. The second-order valence-electron chi connectivity index (χ2n) is 5.98. The molecule has 1 saturated heterocycles. The highest BCUT2D eigenvalue weighted by Gasteiger charge is 2.35. The molecule has 0 N–H and O–H groups in total. The fourth-order valence-corrected chi connectivity index (χ4v) is 2.68. The summed E-state index contributed by atoms with van der Waals surface area (Å²) in [6, 6.07) is 4.43. The minimum Gasteiger partial charge on any atom is -0.339 e. The zero-order valence-corrected chi connectivity index (χ0v) is 12.8. The van der Waals surface area contributed by atoms with Crippen molar-refractivity contribution in [3.8, 4) is 0 Å². The Balaban J connectivity index is 1.83. The number of anilines is 1. The van der Waals surface area contributed by atoms with E-state index in [1.807, 2.05) is 13.8 Å². The first-order chi connectivity index (χ1) is 10.5. The van der Waals surface area contributed by atoms with Crippen molar-refractivity contribution in [3.63, 3.8) is 0 Å². The van der Waals surface area contributed by atoms with Gasteiger partial charge in [0.05, 0.1) is 5.92 Å². The number of nitrogens with zero attached hydrogens (tertiary/aromatic N) is 3. The summed E-state index contributed by atoms with van der Waals surface area (Å²) in [7, 11) is 0. The summed E-state index contributed by atoms with van der Waals surface area (Å²) in [5.74, 6) is 0.909. The molecule has 0 radical (unpaired) electrons. The van der Waals surface area contributed by atoms with Crippen molar-refractivity contribution in [2.75, 3.05) is 11.4 Å². The molecular formula is C16H18FN3O2. The molecule has 1 aliphatic rings. The first-order valence-corrected chi connectivity index (χ1v) is 7.35. The lowest BCUT2D eigenvalue weighted by molar-refractivity contribution is -0.117. The zero-order chi connectivity index (χ0) is 15.9. The molecule has 1 fully saturated rings. The summed E-state index contributed by atoms with van der Waals surface area (Å²) in [6.07, 6.45) is 0.330. The van der Waals surface area contributed by atoms with Crippen LogP contribution in [-0.2, 0) is 4.79 Å². The number of hydrogen-bond donors (Lipinski definition) is 0. The van der Waals surface area contributed by atoms with Crippen molar-refractivity contribution < 1.29 is 13.7 Å². The van der Waals surface area contributed by atoms with Gasteiger partial charge in [-0.2, -0.15) is 4.98 Å². The van der Waals surface area contributed by atoms with Crippen molar-refractivity contribution in [2.24, 2.45) is 0 Å². The lowest BCUT2D eigenvalue weighted by Gasteiger charge is -2.18. The van der Waals surface area contributed by atoms with Crippen LogP contribution in [0.4, 0.5) is 10.1 Å². The van der Waals surface area contributed by atoms with E-state index in [9.17, 15) is 9.18 Å². The second kappa shape index (κ2) is 5.51. The highest BCUT2D eigenvalue weighted by Crippen LogP contribution is 2.33. The number of carbonyl (C=O) groups excluding carboxylic acids is 1. The quantitative estimate of drug-likeness (QED) is 0.874. The van der Waals surface area contributed by atoms with Crippen LogP contribution >= 0.6 is 0 Å². The summed E-state index contributed by atoms with van der Waals surface area (Å²) in [6.45, 7) is 6.25. The van der Waals surface area contributed by atoms with Crippen LogP contribution in [0.2, 0.25) is 0 Å². The lowest BCUT2D eigenvalue weighted by Crippen LogP contribution is -2.25. The molecule has 1 unspecified atom stereocenters. The summed E-state index contributed by atoms with van der Waals surface area (Å²) in [4.78, 5) is 18.3. The van der Waals surface area contributed by atoms with Gasteiger partial charge in [0, 0.05) is 24.6 Å². The standard InChI is InChI=1S/C16H18FN3O2/c1-9(2)15-18-16(22-19-15)11-7-14(21)20(8-11)13-5-4-12(17)6-10(13)3/h4-6,9,11H,7-8H2,1-3H3. The molecule has 1 aliphatic heterocycles. The summed E-state index contributed by atoms with van der Waals surface area (Å²) >= 11 is 0. The molecule has 5 nitrogen and oxygen atoms in total. The molecule has 3 rings (SSSR count). The highest BCUT2D eigenvalue weighted by atomic mass is 19.1. The van der Waals surface area contributed by atoms with Crippen LogP contribution in [0.25, 0.3) is 0 Å². The average molecular weight is 303 g/mol. The third-order valence-corrected chi connectivity index (χ3v) is 3.90. The van der Waals surface area contributed by atoms with Crippen LogP contribution < -0.4 is 4.90 Å². The van der Waals surface area contributed by atoms with E-state index in [0.29, 0.717) is 24.7 Å². The number of amides is 1. The first-order valence-electron chi connectivity index (χ1n) is 7.35. The normalized spacial score (nSPS) is 18.5. The Bertz CT molecular complexity index is 711. The molecule has 0 spiro atoms. The molecule has 2 heterocycles. The van der Waals surface area contributed by atoms with Crippen molar-refractivity contribution in [1.29, 1.82) is 0 Å². The third-order valence-electron chi connectivity index (χ3n) is 3.90. The minimum absolute atomic E-state index is 0.0102. The number of benzene rings is 1. The molecule has 0 bridgehead atoms. The van der Waals surface area contributed by atoms with E-state index in [4.69, 9.17) is 4.52 Å². The van der Waals surface area contributed by atoms with E-state index >= 15 is 0 Å². The monoisotopic (exact) mass is 303 g/mol. The van der Waals surface area contributed by atoms with E-state index < -0.39 is 0 Å². The van der Waals surface area contributed by atoms with Gasteiger partial charge in [-0.25, -0.2) is 4.39 Å². The number of hydrogen-bond acceptors (Lipinski definition) is 4.